The molecule has 1 aromatic carbocycles. The Labute approximate surface area is 183 Å². The minimum Gasteiger partial charge on any atom is -0.340 e. The van der Waals surface area contributed by atoms with Crippen molar-refractivity contribution in [3.63, 3.8) is 0 Å². The molecule has 0 bridgehead atoms. The molecule has 0 saturated carbocycles. The van der Waals surface area contributed by atoms with E-state index < -0.39 is 17.7 Å². The fourth-order valence-electron chi connectivity index (χ4n) is 4.33. The van der Waals surface area contributed by atoms with Gasteiger partial charge < -0.3 is 15.1 Å². The summed E-state index contributed by atoms with van der Waals surface area (Å²) in [5.74, 6) is -1.59. The van der Waals surface area contributed by atoms with Gasteiger partial charge in [-0.3, -0.25) is 9.48 Å². The Kier molecular flexibility index (Phi) is 5.88. The lowest BCUT2D eigenvalue weighted by molar-refractivity contribution is 0.0777. The Morgan fingerprint density at radius 1 is 1.29 bits per heavy atom. The number of hydrogen-bond acceptors (Lipinski definition) is 3. The molecule has 7 nitrogen and oxygen atoms in total. The number of halogens is 3. The molecule has 4 rings (SSSR count). The Hall–Kier alpha value is -2.68. The Morgan fingerprint density at radius 3 is 2.81 bits per heavy atom. The molecule has 3 heterocycles. The number of rotatable bonds is 3. The van der Waals surface area contributed by atoms with Crippen molar-refractivity contribution in [2.75, 3.05) is 25.5 Å². The quantitative estimate of drug-likeness (QED) is 0.719. The summed E-state index contributed by atoms with van der Waals surface area (Å²) in [6.45, 7) is 4.01. The van der Waals surface area contributed by atoms with Crippen LogP contribution in [-0.2, 0) is 19.5 Å². The van der Waals surface area contributed by atoms with E-state index in [0.29, 0.717) is 43.7 Å². The van der Waals surface area contributed by atoms with Crippen LogP contribution in [0.3, 0.4) is 0 Å². The summed E-state index contributed by atoms with van der Waals surface area (Å²) in [5, 5.41) is 6.84. The summed E-state index contributed by atoms with van der Waals surface area (Å²) >= 11 is 5.71. The van der Waals surface area contributed by atoms with Crippen molar-refractivity contribution in [1.82, 2.24) is 19.6 Å². The zero-order chi connectivity index (χ0) is 22.3. The predicted molar refractivity (Wildman–Crippen MR) is 112 cm³/mol. The Morgan fingerprint density at radius 2 is 2.06 bits per heavy atom. The molecule has 1 atom stereocenters. The molecule has 0 radical (unpaired) electrons. The minimum absolute atomic E-state index is 0.106. The topological polar surface area (TPSA) is 70.5 Å². The zero-order valence-corrected chi connectivity index (χ0v) is 18.2. The molecule has 2 aliphatic rings. The first-order valence-electron chi connectivity index (χ1n) is 10.3. The highest BCUT2D eigenvalue weighted by Gasteiger charge is 2.34. The van der Waals surface area contributed by atoms with Crippen molar-refractivity contribution in [3.8, 4) is 0 Å². The number of urea groups is 1. The molecule has 3 amide bonds. The summed E-state index contributed by atoms with van der Waals surface area (Å²) in [7, 11) is 1.79. The molecule has 166 valence electrons. The molecule has 0 spiro atoms. The van der Waals surface area contributed by atoms with E-state index in [2.05, 4.69) is 17.3 Å². The average Bonchev–Trinajstić information content (AvgIpc) is 3.02. The fraction of sp³-hybridized carbons (Fsp3) is 0.476. The highest BCUT2D eigenvalue weighted by Crippen LogP contribution is 2.29. The van der Waals surface area contributed by atoms with Gasteiger partial charge in [0, 0.05) is 44.7 Å². The highest BCUT2D eigenvalue weighted by atomic mass is 35.5. The summed E-state index contributed by atoms with van der Waals surface area (Å²) in [6, 6.07) is 1.12. The highest BCUT2D eigenvalue weighted by molar-refractivity contribution is 6.31. The molecule has 1 aromatic heterocycles. The van der Waals surface area contributed by atoms with Crippen LogP contribution in [0.4, 0.5) is 19.3 Å². The van der Waals surface area contributed by atoms with Gasteiger partial charge in [0.05, 0.1) is 22.9 Å². The van der Waals surface area contributed by atoms with Gasteiger partial charge in [0.25, 0.3) is 5.91 Å². The number of fused-ring (bicyclic) bond motifs is 3. The van der Waals surface area contributed by atoms with Gasteiger partial charge in [0.15, 0.2) is 0 Å². The van der Waals surface area contributed by atoms with E-state index in [1.165, 1.54) is 4.90 Å². The number of nitrogens with one attached hydrogen (secondary N) is 1. The number of hydrogen-bond donors (Lipinski definition) is 1. The van der Waals surface area contributed by atoms with Crippen molar-refractivity contribution >= 4 is 29.2 Å². The van der Waals surface area contributed by atoms with Crippen LogP contribution in [0.25, 0.3) is 0 Å². The van der Waals surface area contributed by atoms with Crippen molar-refractivity contribution in [2.24, 2.45) is 5.92 Å². The van der Waals surface area contributed by atoms with Crippen molar-refractivity contribution < 1.29 is 18.4 Å². The molecule has 0 aliphatic carbocycles. The van der Waals surface area contributed by atoms with Gasteiger partial charge in [-0.25, -0.2) is 13.6 Å². The fourth-order valence-corrected chi connectivity index (χ4v) is 4.49. The zero-order valence-electron chi connectivity index (χ0n) is 17.4. The van der Waals surface area contributed by atoms with Crippen molar-refractivity contribution in [2.45, 2.75) is 39.3 Å². The maximum Gasteiger partial charge on any atom is 0.322 e. The second-order valence-electron chi connectivity index (χ2n) is 8.14. The molecule has 2 aromatic rings. The van der Waals surface area contributed by atoms with Crippen LogP contribution >= 0.6 is 11.6 Å². The molecule has 1 N–H and O–H groups in total. The van der Waals surface area contributed by atoms with Gasteiger partial charge >= 0.3 is 6.03 Å². The lowest BCUT2D eigenvalue weighted by Crippen LogP contribution is -2.40. The van der Waals surface area contributed by atoms with Crippen LogP contribution in [0.2, 0.25) is 5.02 Å². The predicted octanol–water partition coefficient (Wildman–Crippen LogP) is 3.91. The average molecular weight is 452 g/mol. The van der Waals surface area contributed by atoms with E-state index in [9.17, 15) is 18.4 Å². The third-order valence-electron chi connectivity index (χ3n) is 5.85. The van der Waals surface area contributed by atoms with Crippen LogP contribution in [0.15, 0.2) is 12.1 Å². The van der Waals surface area contributed by atoms with Crippen LogP contribution in [-0.4, -0.2) is 51.7 Å². The van der Waals surface area contributed by atoms with Gasteiger partial charge in [-0.2, -0.15) is 5.10 Å². The number of nitrogens with zero attached hydrogens (tertiary/aromatic N) is 4. The second kappa shape index (κ2) is 8.45. The second-order valence-corrected chi connectivity index (χ2v) is 8.55. The number of anilines is 1. The SMILES string of the molecule is CCCC1CN(C)C(=O)c2c3c(nn2C1)CCN(C(=O)Nc1cc(Cl)c(F)cc1F)C3. The van der Waals surface area contributed by atoms with E-state index in [0.717, 1.165) is 30.2 Å². The third kappa shape index (κ3) is 4.11. The van der Waals surface area contributed by atoms with E-state index in [-0.39, 0.29) is 23.2 Å². The maximum atomic E-state index is 14.0. The smallest absolute Gasteiger partial charge is 0.322 e. The molecular formula is C21H24ClF2N5O2. The number of benzene rings is 1. The molecule has 10 heteroatoms. The van der Waals surface area contributed by atoms with Crippen molar-refractivity contribution in [3.05, 3.63) is 45.7 Å². The first kappa shape index (κ1) is 21.5. The molecule has 0 fully saturated rings. The maximum absolute atomic E-state index is 14.0. The van der Waals surface area contributed by atoms with Gasteiger partial charge in [-0.05, 0) is 18.4 Å². The molecule has 1 unspecified atom stereocenters. The summed E-state index contributed by atoms with van der Waals surface area (Å²) in [4.78, 5) is 29.0. The standard InChI is InChI=1S/C21H24ClF2N5O2/c1-3-4-12-9-27(2)20(30)19-13-11-28(6-5-17(13)26-29(19)10-12)21(31)25-18-7-14(22)15(23)8-16(18)24/h7-8,12H,3-6,9-11H2,1-2H3,(H,25,31). The lowest BCUT2D eigenvalue weighted by Gasteiger charge is -2.27. The monoisotopic (exact) mass is 451 g/mol. The van der Waals surface area contributed by atoms with Gasteiger partial charge in [0.2, 0.25) is 0 Å². The van der Waals surface area contributed by atoms with E-state index >= 15 is 0 Å². The first-order valence-corrected chi connectivity index (χ1v) is 10.7. The van der Waals surface area contributed by atoms with E-state index in [4.69, 9.17) is 11.6 Å². The molecule has 2 aliphatic heterocycles. The number of carbonyl (C=O) groups is 2. The van der Waals surface area contributed by atoms with Gasteiger partial charge in [-0.15, -0.1) is 0 Å². The first-order chi connectivity index (χ1) is 14.8. The normalized spacial score (nSPS) is 18.5. The molecule has 0 saturated heterocycles. The summed E-state index contributed by atoms with van der Waals surface area (Å²) < 4.78 is 29.2. The van der Waals surface area contributed by atoms with Crippen LogP contribution < -0.4 is 5.32 Å². The number of carbonyl (C=O) groups excluding carboxylic acids is 2. The van der Waals surface area contributed by atoms with Gasteiger partial charge in [-0.1, -0.05) is 24.9 Å². The molecule has 31 heavy (non-hydrogen) atoms. The van der Waals surface area contributed by atoms with Crippen LogP contribution in [0.1, 0.15) is 41.5 Å². The van der Waals surface area contributed by atoms with E-state index in [1.807, 2.05) is 0 Å². The number of aromatic nitrogens is 2. The lowest BCUT2D eigenvalue weighted by atomic mass is 10.0. The number of amides is 3. The molecular weight excluding hydrogens is 428 g/mol. The Balaban J connectivity index is 1.57. The largest absolute Gasteiger partial charge is 0.340 e. The van der Waals surface area contributed by atoms with Gasteiger partial charge in [0.1, 0.15) is 17.3 Å². The van der Waals surface area contributed by atoms with E-state index in [1.54, 1.807) is 16.6 Å². The van der Waals surface area contributed by atoms with Crippen LogP contribution in [0.5, 0.6) is 0 Å². The Bertz CT molecular complexity index is 1040. The summed E-state index contributed by atoms with van der Waals surface area (Å²) in [5.41, 5.74) is 1.86. The van der Waals surface area contributed by atoms with Crippen molar-refractivity contribution in [1.29, 1.82) is 0 Å². The summed E-state index contributed by atoms with van der Waals surface area (Å²) in [6.07, 6.45) is 2.52. The van der Waals surface area contributed by atoms with Crippen LogP contribution in [0, 0.1) is 17.6 Å². The third-order valence-corrected chi connectivity index (χ3v) is 6.14. The minimum atomic E-state index is -0.911.